The maximum absolute atomic E-state index is 8.15. The first kappa shape index (κ1) is 19.7. The van der Waals surface area contributed by atoms with Gasteiger partial charge in [-0.3, -0.25) is 10.4 Å². The number of ether oxygens (including phenoxy) is 1. The fraction of sp³-hybridized carbons (Fsp3) is 0.364. The molecule has 0 aliphatic heterocycles. The molecule has 2 aromatic rings. The Morgan fingerprint density at radius 1 is 1.23 bits per heavy atom. The average molecular weight is 351 g/mol. The maximum atomic E-state index is 8.15. The first-order valence-corrected chi connectivity index (χ1v) is 9.24. The van der Waals surface area contributed by atoms with Crippen molar-refractivity contribution in [3.63, 3.8) is 0 Å². The molecule has 4 nitrogen and oxygen atoms in total. The zero-order valence-corrected chi connectivity index (χ0v) is 16.0. The molecule has 26 heavy (non-hydrogen) atoms. The van der Waals surface area contributed by atoms with Crippen LogP contribution in [0.3, 0.4) is 0 Å². The number of unbranched alkanes of at least 4 members (excludes halogenated alkanes) is 3. The summed E-state index contributed by atoms with van der Waals surface area (Å²) in [5, 5.41) is 8.15. The minimum absolute atomic E-state index is 0.308. The van der Waals surface area contributed by atoms with Gasteiger partial charge in [-0.15, -0.1) is 0 Å². The molecular weight excluding hydrogens is 322 g/mol. The molecule has 138 valence electrons. The summed E-state index contributed by atoms with van der Waals surface area (Å²) in [7, 11) is 0. The van der Waals surface area contributed by atoms with Crippen molar-refractivity contribution in [1.82, 2.24) is 4.98 Å². The summed E-state index contributed by atoms with van der Waals surface area (Å²) in [6.45, 7) is 6.78. The van der Waals surface area contributed by atoms with E-state index in [1.807, 2.05) is 24.3 Å². The van der Waals surface area contributed by atoms with Gasteiger partial charge in [-0.2, -0.15) is 0 Å². The number of aryl methyl sites for hydroxylation is 1. The summed E-state index contributed by atoms with van der Waals surface area (Å²) in [6, 6.07) is 9.99. The Morgan fingerprint density at radius 2 is 2.04 bits per heavy atom. The second-order valence-corrected chi connectivity index (χ2v) is 6.59. The zero-order chi connectivity index (χ0) is 18.9. The molecule has 3 N–H and O–H groups in total. The van der Waals surface area contributed by atoms with Crippen LogP contribution >= 0.6 is 0 Å². The number of allylic oxidation sites excluding steroid dienone is 2. The molecule has 0 aliphatic rings. The third-order valence-electron chi connectivity index (χ3n) is 4.19. The second kappa shape index (κ2) is 9.76. The van der Waals surface area contributed by atoms with Crippen LogP contribution in [0.25, 0.3) is 11.1 Å². The molecule has 0 amide bonds. The highest BCUT2D eigenvalue weighted by Gasteiger charge is 2.11. The van der Waals surface area contributed by atoms with E-state index >= 15 is 0 Å². The van der Waals surface area contributed by atoms with Crippen LogP contribution in [-0.4, -0.2) is 17.3 Å². The Labute approximate surface area is 156 Å². The number of nitrogens with zero attached hydrogens (tertiary/aromatic N) is 1. The molecule has 0 aliphatic carbocycles. The molecule has 0 saturated heterocycles. The number of hydrogen-bond donors (Lipinski definition) is 2. The van der Waals surface area contributed by atoms with Crippen LogP contribution in [0.4, 0.5) is 0 Å². The number of nitrogens with one attached hydrogen (secondary N) is 1. The highest BCUT2D eigenvalue weighted by Crippen LogP contribution is 2.33. The van der Waals surface area contributed by atoms with Gasteiger partial charge in [0.25, 0.3) is 0 Å². The van der Waals surface area contributed by atoms with Gasteiger partial charge in [-0.1, -0.05) is 38.3 Å². The molecule has 0 fully saturated rings. The molecule has 4 heteroatoms. The molecule has 1 aromatic heterocycles. The Bertz CT molecular complexity index is 777. The second-order valence-electron chi connectivity index (χ2n) is 6.59. The largest absolute Gasteiger partial charge is 0.493 e. The van der Waals surface area contributed by atoms with E-state index in [0.29, 0.717) is 17.1 Å². The summed E-state index contributed by atoms with van der Waals surface area (Å²) >= 11 is 0. The third kappa shape index (κ3) is 5.45. The van der Waals surface area contributed by atoms with Crippen LogP contribution in [0.5, 0.6) is 5.75 Å². The molecule has 0 atom stereocenters. The molecular formula is C22H29N3O. The molecule has 0 spiro atoms. The number of benzene rings is 1. The lowest BCUT2D eigenvalue weighted by Gasteiger charge is -2.15. The van der Waals surface area contributed by atoms with Gasteiger partial charge in [-0.25, -0.2) is 0 Å². The van der Waals surface area contributed by atoms with Crippen molar-refractivity contribution in [2.75, 3.05) is 6.61 Å². The molecule has 0 unspecified atom stereocenters. The lowest BCUT2D eigenvalue weighted by atomic mass is 9.99. The van der Waals surface area contributed by atoms with Crippen LogP contribution in [0, 0.1) is 12.3 Å². The third-order valence-corrected chi connectivity index (χ3v) is 4.19. The number of pyridine rings is 1. The highest BCUT2D eigenvalue weighted by atomic mass is 16.5. The van der Waals surface area contributed by atoms with E-state index in [1.54, 1.807) is 19.2 Å². The fourth-order valence-electron chi connectivity index (χ4n) is 2.88. The van der Waals surface area contributed by atoms with Crippen molar-refractivity contribution >= 4 is 5.71 Å². The lowest BCUT2D eigenvalue weighted by Crippen LogP contribution is -2.03. The normalized spacial score (nSPS) is 11.4. The molecule has 1 heterocycles. The summed E-state index contributed by atoms with van der Waals surface area (Å²) in [6.07, 6.45) is 8.07. The van der Waals surface area contributed by atoms with Crippen LogP contribution in [-0.2, 0) is 0 Å². The Balaban J connectivity index is 2.27. The topological polar surface area (TPSA) is 72.0 Å². The van der Waals surface area contributed by atoms with Crippen molar-refractivity contribution in [1.29, 1.82) is 5.41 Å². The lowest BCUT2D eigenvalue weighted by molar-refractivity contribution is 0.306. The molecule has 0 radical (unpaired) electrons. The number of rotatable bonds is 9. The van der Waals surface area contributed by atoms with Crippen molar-refractivity contribution in [2.45, 2.75) is 46.5 Å². The first-order chi connectivity index (χ1) is 12.5. The van der Waals surface area contributed by atoms with Crippen LogP contribution in [0.1, 0.15) is 50.8 Å². The minimum atomic E-state index is 0.308. The van der Waals surface area contributed by atoms with Crippen LogP contribution < -0.4 is 10.5 Å². The predicted molar refractivity (Wildman–Crippen MR) is 109 cm³/mol. The van der Waals surface area contributed by atoms with Crippen molar-refractivity contribution in [2.24, 2.45) is 5.73 Å². The Kier molecular flexibility index (Phi) is 7.39. The quantitative estimate of drug-likeness (QED) is 0.479. The SMILES string of the molecule is CCCCCCOc1cccc(C)c1-c1ccnc(C(=N)C=C(C)N)c1. The zero-order valence-electron chi connectivity index (χ0n) is 16.0. The van der Waals surface area contributed by atoms with Crippen LogP contribution in [0.15, 0.2) is 48.3 Å². The Hall–Kier alpha value is -2.62. The van der Waals surface area contributed by atoms with Gasteiger partial charge in [0, 0.05) is 17.5 Å². The van der Waals surface area contributed by atoms with Gasteiger partial charge in [0.1, 0.15) is 5.75 Å². The van der Waals surface area contributed by atoms with Gasteiger partial charge >= 0.3 is 0 Å². The van der Waals surface area contributed by atoms with Gasteiger partial charge in [0.15, 0.2) is 0 Å². The van der Waals surface area contributed by atoms with Gasteiger partial charge in [0.2, 0.25) is 0 Å². The van der Waals surface area contributed by atoms with Gasteiger partial charge in [0.05, 0.1) is 18.0 Å². The summed E-state index contributed by atoms with van der Waals surface area (Å²) in [5.41, 5.74) is 10.4. The number of nitrogens with two attached hydrogens (primary N) is 1. The molecule has 1 aromatic carbocycles. The highest BCUT2D eigenvalue weighted by molar-refractivity contribution is 6.06. The molecule has 2 rings (SSSR count). The van der Waals surface area contributed by atoms with Crippen LogP contribution in [0.2, 0.25) is 0 Å². The number of hydrogen-bond acceptors (Lipinski definition) is 4. The van der Waals surface area contributed by atoms with Gasteiger partial charge < -0.3 is 10.5 Å². The van der Waals surface area contributed by atoms with E-state index in [0.717, 1.165) is 35.5 Å². The molecule has 0 saturated carbocycles. The van der Waals surface area contributed by atoms with Crippen molar-refractivity contribution < 1.29 is 4.74 Å². The molecule has 0 bridgehead atoms. The van der Waals surface area contributed by atoms with E-state index < -0.39 is 0 Å². The van der Waals surface area contributed by atoms with Crippen molar-refractivity contribution in [3.8, 4) is 16.9 Å². The minimum Gasteiger partial charge on any atom is -0.493 e. The summed E-state index contributed by atoms with van der Waals surface area (Å²) in [5.74, 6) is 0.885. The van der Waals surface area contributed by atoms with E-state index in [4.69, 9.17) is 15.9 Å². The maximum Gasteiger partial charge on any atom is 0.127 e. The fourth-order valence-corrected chi connectivity index (χ4v) is 2.88. The van der Waals surface area contributed by atoms with E-state index in [1.165, 1.54) is 19.3 Å². The summed E-state index contributed by atoms with van der Waals surface area (Å²) in [4.78, 5) is 4.31. The average Bonchev–Trinajstić information content (AvgIpc) is 2.61. The predicted octanol–water partition coefficient (Wildman–Crippen LogP) is 5.25. The first-order valence-electron chi connectivity index (χ1n) is 9.24. The van der Waals surface area contributed by atoms with Gasteiger partial charge in [-0.05, 0) is 55.7 Å². The summed E-state index contributed by atoms with van der Waals surface area (Å²) < 4.78 is 6.08. The standard InChI is InChI=1S/C22H29N3O/c1-4-5-6-7-13-26-21-10-8-9-16(2)22(21)18-11-12-25-20(15-18)19(24)14-17(3)23/h8-12,14-15,24H,4-7,13,23H2,1-3H3. The number of aromatic nitrogens is 1. The monoisotopic (exact) mass is 351 g/mol. The Morgan fingerprint density at radius 3 is 2.77 bits per heavy atom. The van der Waals surface area contributed by atoms with E-state index in [-0.39, 0.29) is 0 Å². The van der Waals surface area contributed by atoms with E-state index in [9.17, 15) is 0 Å². The smallest absolute Gasteiger partial charge is 0.127 e. The van der Waals surface area contributed by atoms with Crippen molar-refractivity contribution in [3.05, 3.63) is 59.6 Å². The van der Waals surface area contributed by atoms with E-state index in [2.05, 4.69) is 24.9 Å².